The van der Waals surface area contributed by atoms with Crippen molar-refractivity contribution in [2.24, 2.45) is 0 Å². The molecular weight excluding hydrogens is 465 g/mol. The van der Waals surface area contributed by atoms with Gasteiger partial charge in [-0.15, -0.1) is 0 Å². The van der Waals surface area contributed by atoms with Crippen LogP contribution in [0.4, 0.5) is 18.9 Å². The Morgan fingerprint density at radius 1 is 1.03 bits per heavy atom. The van der Waals surface area contributed by atoms with Crippen molar-refractivity contribution < 1.29 is 37.3 Å². The van der Waals surface area contributed by atoms with Gasteiger partial charge in [0.1, 0.15) is 6.61 Å². The minimum Gasteiger partial charge on any atom is -0.485 e. The quantitative estimate of drug-likeness (QED) is 0.558. The highest BCUT2D eigenvalue weighted by Gasteiger charge is 2.38. The molecule has 0 saturated heterocycles. The lowest BCUT2D eigenvalue weighted by atomic mass is 10.1. The van der Waals surface area contributed by atoms with Crippen LogP contribution in [-0.2, 0) is 9.59 Å². The van der Waals surface area contributed by atoms with Crippen LogP contribution in [0, 0.1) is 0 Å². The fourth-order valence-electron chi connectivity index (χ4n) is 2.70. The van der Waals surface area contributed by atoms with Gasteiger partial charge >= 0.3 is 12.1 Å². The van der Waals surface area contributed by atoms with Crippen molar-refractivity contribution in [2.75, 3.05) is 11.9 Å². The number of nitrogens with one attached hydrogen (secondary N) is 1. The van der Waals surface area contributed by atoms with E-state index in [2.05, 4.69) is 10.3 Å². The van der Waals surface area contributed by atoms with Gasteiger partial charge in [0, 0.05) is 12.4 Å². The van der Waals surface area contributed by atoms with Crippen LogP contribution in [0.25, 0.3) is 11.1 Å². The van der Waals surface area contributed by atoms with Crippen LogP contribution < -0.4 is 14.8 Å². The van der Waals surface area contributed by atoms with E-state index in [0.29, 0.717) is 22.2 Å². The monoisotopic (exact) mass is 480 g/mol. The van der Waals surface area contributed by atoms with E-state index in [0.717, 1.165) is 11.1 Å². The van der Waals surface area contributed by atoms with Crippen molar-refractivity contribution in [3.63, 3.8) is 0 Å². The van der Waals surface area contributed by atoms with Crippen molar-refractivity contribution in [1.29, 1.82) is 0 Å². The number of anilines is 1. The highest BCUT2D eigenvalue weighted by molar-refractivity contribution is 6.34. The number of carboxylic acid groups (broad SMARTS) is 1. The molecule has 4 rings (SSSR count). The first kappa shape index (κ1) is 23.9. The third-order valence-electron chi connectivity index (χ3n) is 4.28. The van der Waals surface area contributed by atoms with E-state index in [1.165, 1.54) is 0 Å². The summed E-state index contributed by atoms with van der Waals surface area (Å²) in [4.78, 5) is 25.4. The molecule has 2 N–H and O–H groups in total. The predicted molar refractivity (Wildman–Crippen MR) is 113 cm³/mol. The largest absolute Gasteiger partial charge is 0.490 e. The zero-order valence-corrected chi connectivity index (χ0v) is 17.4. The van der Waals surface area contributed by atoms with Gasteiger partial charge in [0.05, 0.1) is 10.7 Å². The summed E-state index contributed by atoms with van der Waals surface area (Å²) in [6, 6.07) is 16.5. The number of carbonyl (C=O) groups is 2. The van der Waals surface area contributed by atoms with Crippen molar-refractivity contribution in [3.05, 3.63) is 72.0 Å². The number of carboxylic acids is 1. The highest BCUT2D eigenvalue weighted by Crippen LogP contribution is 2.32. The minimum atomic E-state index is -5.08. The summed E-state index contributed by atoms with van der Waals surface area (Å²) >= 11 is 6.34. The molecule has 1 unspecified atom stereocenters. The number of alkyl halides is 3. The van der Waals surface area contributed by atoms with Crippen LogP contribution in [0.15, 0.2) is 67.0 Å². The second-order valence-corrected chi connectivity index (χ2v) is 6.99. The van der Waals surface area contributed by atoms with Crippen LogP contribution in [0.5, 0.6) is 11.5 Å². The van der Waals surface area contributed by atoms with Gasteiger partial charge in [0.15, 0.2) is 11.5 Å². The van der Waals surface area contributed by atoms with Gasteiger partial charge in [-0.1, -0.05) is 29.8 Å². The number of amides is 1. The first-order valence-corrected chi connectivity index (χ1v) is 9.72. The van der Waals surface area contributed by atoms with E-state index in [4.69, 9.17) is 31.0 Å². The van der Waals surface area contributed by atoms with Gasteiger partial charge < -0.3 is 19.9 Å². The normalized spacial score (nSPS) is 14.5. The van der Waals surface area contributed by atoms with Crippen LogP contribution in [0.1, 0.15) is 0 Å². The molecule has 11 heteroatoms. The van der Waals surface area contributed by atoms with E-state index in [1.54, 1.807) is 36.7 Å². The molecule has 7 nitrogen and oxygen atoms in total. The molecule has 1 aromatic heterocycles. The molecule has 0 aliphatic carbocycles. The minimum absolute atomic E-state index is 0.148. The molecule has 3 aromatic rings. The fraction of sp³-hybridized carbons (Fsp3) is 0.136. The number of hydrogen-bond acceptors (Lipinski definition) is 5. The van der Waals surface area contributed by atoms with Gasteiger partial charge in [0.25, 0.3) is 5.91 Å². The number of aliphatic carboxylic acids is 1. The van der Waals surface area contributed by atoms with Crippen molar-refractivity contribution >= 4 is 29.2 Å². The lowest BCUT2D eigenvalue weighted by Gasteiger charge is -2.25. The van der Waals surface area contributed by atoms with Gasteiger partial charge in [-0.25, -0.2) is 4.79 Å². The number of para-hydroxylation sites is 2. The molecule has 0 saturated carbocycles. The first-order valence-electron chi connectivity index (χ1n) is 9.34. The Hall–Kier alpha value is -3.79. The number of aromatic nitrogens is 1. The van der Waals surface area contributed by atoms with Gasteiger partial charge in [-0.2, -0.15) is 13.2 Å². The maximum Gasteiger partial charge on any atom is 0.490 e. The lowest BCUT2D eigenvalue weighted by molar-refractivity contribution is -0.192. The summed E-state index contributed by atoms with van der Waals surface area (Å²) in [6.45, 7) is 0.148. The Morgan fingerprint density at radius 2 is 1.67 bits per heavy atom. The van der Waals surface area contributed by atoms with Crippen LogP contribution >= 0.6 is 11.6 Å². The molecular formula is C22H16ClF3N2O5. The number of nitrogens with zero attached hydrogens (tertiary/aromatic N) is 1. The van der Waals surface area contributed by atoms with Crippen molar-refractivity contribution in [1.82, 2.24) is 4.98 Å². The van der Waals surface area contributed by atoms with Crippen LogP contribution in [0.2, 0.25) is 5.02 Å². The number of ether oxygens (including phenoxy) is 2. The SMILES string of the molecule is O=C(Nc1ccc(-c2ccncc2)cc1Cl)C1COc2ccccc2O1.O=C(O)C(F)(F)F. The van der Waals surface area contributed by atoms with Gasteiger partial charge in [-0.05, 0) is 47.5 Å². The van der Waals surface area contributed by atoms with Gasteiger partial charge in [-0.3, -0.25) is 9.78 Å². The van der Waals surface area contributed by atoms with E-state index in [1.807, 2.05) is 30.3 Å². The van der Waals surface area contributed by atoms with E-state index < -0.39 is 18.2 Å². The summed E-state index contributed by atoms with van der Waals surface area (Å²) in [5.74, 6) is -1.88. The summed E-state index contributed by atoms with van der Waals surface area (Å²) in [7, 11) is 0. The second-order valence-electron chi connectivity index (χ2n) is 6.59. The Morgan fingerprint density at radius 3 is 2.27 bits per heavy atom. The smallest absolute Gasteiger partial charge is 0.485 e. The molecule has 172 valence electrons. The number of hydrogen-bond donors (Lipinski definition) is 2. The van der Waals surface area contributed by atoms with E-state index in [9.17, 15) is 18.0 Å². The number of carbonyl (C=O) groups excluding carboxylic acids is 1. The molecule has 1 aliphatic heterocycles. The molecule has 1 amide bonds. The Labute approximate surface area is 190 Å². The first-order chi connectivity index (χ1) is 15.6. The number of rotatable bonds is 3. The Bertz CT molecular complexity index is 1140. The standard InChI is InChI=1S/C20H15ClN2O3.C2HF3O2/c21-15-11-14(13-7-9-22-10-8-13)5-6-16(15)23-20(24)19-12-25-17-3-1-2-4-18(17)26-19;3-2(4,5)1(6)7/h1-11,19H,12H2,(H,23,24);(H,6,7). The van der Waals surface area contributed by atoms with E-state index >= 15 is 0 Å². The Kier molecular flexibility index (Phi) is 7.39. The molecule has 0 spiro atoms. The molecule has 33 heavy (non-hydrogen) atoms. The Balaban J connectivity index is 0.000000383. The predicted octanol–water partition coefficient (Wildman–Crippen LogP) is 4.81. The average molecular weight is 481 g/mol. The maximum absolute atomic E-state index is 12.5. The molecule has 2 heterocycles. The number of benzene rings is 2. The summed E-state index contributed by atoms with van der Waals surface area (Å²) in [5, 5.41) is 10.4. The third kappa shape index (κ3) is 6.36. The summed E-state index contributed by atoms with van der Waals surface area (Å²) in [6.07, 6.45) is -2.38. The summed E-state index contributed by atoms with van der Waals surface area (Å²) in [5.41, 5.74) is 2.47. The zero-order valence-electron chi connectivity index (χ0n) is 16.7. The fourth-order valence-corrected chi connectivity index (χ4v) is 2.93. The highest BCUT2D eigenvalue weighted by atomic mass is 35.5. The van der Waals surface area contributed by atoms with Crippen LogP contribution in [-0.4, -0.2) is 40.9 Å². The van der Waals surface area contributed by atoms with Crippen molar-refractivity contribution in [3.8, 4) is 22.6 Å². The molecule has 0 fully saturated rings. The molecule has 0 radical (unpaired) electrons. The average Bonchev–Trinajstić information content (AvgIpc) is 2.80. The number of pyridine rings is 1. The van der Waals surface area contributed by atoms with Crippen molar-refractivity contribution in [2.45, 2.75) is 12.3 Å². The van der Waals surface area contributed by atoms with E-state index in [-0.39, 0.29) is 12.5 Å². The zero-order chi connectivity index (χ0) is 24.0. The number of fused-ring (bicyclic) bond motifs is 1. The maximum atomic E-state index is 12.5. The number of halogens is 4. The summed E-state index contributed by atoms with van der Waals surface area (Å²) < 4.78 is 43.0. The third-order valence-corrected chi connectivity index (χ3v) is 4.60. The molecule has 1 aliphatic rings. The van der Waals surface area contributed by atoms with Gasteiger partial charge in [0.2, 0.25) is 6.10 Å². The second kappa shape index (κ2) is 10.2. The molecule has 1 atom stereocenters. The molecule has 2 aromatic carbocycles. The topological polar surface area (TPSA) is 97.8 Å². The molecule has 0 bridgehead atoms. The van der Waals surface area contributed by atoms with Crippen LogP contribution in [0.3, 0.4) is 0 Å². The lowest BCUT2D eigenvalue weighted by Crippen LogP contribution is -2.40.